The number of piperidine rings is 1. The minimum absolute atomic E-state index is 0.115. The fraction of sp³-hybridized carbons (Fsp3) is 0.643. The molecule has 1 aromatic heterocycles. The Morgan fingerprint density at radius 1 is 1.50 bits per heavy atom. The summed E-state index contributed by atoms with van der Waals surface area (Å²) in [4.78, 5) is 31.7. The molecule has 1 unspecified atom stereocenters. The number of rotatable bonds is 5. The van der Waals surface area contributed by atoms with Gasteiger partial charge in [0, 0.05) is 25.3 Å². The molecule has 2 heterocycles. The number of aromatic nitrogens is 2. The van der Waals surface area contributed by atoms with Crippen LogP contribution in [0.15, 0.2) is 17.2 Å². The highest BCUT2D eigenvalue weighted by Crippen LogP contribution is 2.10. The summed E-state index contributed by atoms with van der Waals surface area (Å²) in [6.07, 6.45) is 6.97. The number of amides is 1. The second kappa shape index (κ2) is 7.19. The van der Waals surface area contributed by atoms with Gasteiger partial charge in [-0.05, 0) is 25.8 Å². The lowest BCUT2D eigenvalue weighted by Gasteiger charge is -2.30. The molecule has 0 bridgehead atoms. The van der Waals surface area contributed by atoms with Crippen molar-refractivity contribution in [3.63, 3.8) is 0 Å². The third kappa shape index (κ3) is 3.90. The first-order valence-electron chi connectivity index (χ1n) is 7.28. The van der Waals surface area contributed by atoms with Crippen LogP contribution in [-0.2, 0) is 0 Å². The molecule has 6 nitrogen and oxygen atoms in total. The first-order valence-corrected chi connectivity index (χ1v) is 7.28. The highest BCUT2D eigenvalue weighted by molar-refractivity contribution is 5.91. The molecule has 2 N–H and O–H groups in total. The van der Waals surface area contributed by atoms with Crippen LogP contribution in [0.3, 0.4) is 0 Å². The second-order valence-corrected chi connectivity index (χ2v) is 5.19. The van der Waals surface area contributed by atoms with Crippen molar-refractivity contribution in [3.8, 4) is 0 Å². The van der Waals surface area contributed by atoms with Crippen LogP contribution in [0.5, 0.6) is 0 Å². The Kier molecular flexibility index (Phi) is 5.29. The van der Waals surface area contributed by atoms with Gasteiger partial charge < -0.3 is 15.2 Å². The molecule has 0 spiro atoms. The summed E-state index contributed by atoms with van der Waals surface area (Å²) in [5.41, 5.74) is 0.00592. The molecule has 6 heteroatoms. The molecule has 110 valence electrons. The van der Waals surface area contributed by atoms with Gasteiger partial charge in [-0.3, -0.25) is 9.59 Å². The van der Waals surface area contributed by atoms with Gasteiger partial charge in [0.2, 0.25) is 0 Å². The largest absolute Gasteiger partial charge is 0.336 e. The summed E-state index contributed by atoms with van der Waals surface area (Å²) < 4.78 is 0. The SMILES string of the molecule is CCCN(CC1CCCCN1)C(=O)c1c[nH]c(=O)cn1. The van der Waals surface area contributed by atoms with Gasteiger partial charge in [-0.1, -0.05) is 13.3 Å². The van der Waals surface area contributed by atoms with E-state index in [1.165, 1.54) is 19.0 Å². The molecule has 1 amide bonds. The van der Waals surface area contributed by atoms with Crippen molar-refractivity contribution in [1.82, 2.24) is 20.2 Å². The topological polar surface area (TPSA) is 78.1 Å². The Morgan fingerprint density at radius 2 is 2.35 bits per heavy atom. The van der Waals surface area contributed by atoms with Crippen LogP contribution in [0.25, 0.3) is 0 Å². The molecule has 1 aliphatic rings. The number of carbonyl (C=O) groups excluding carboxylic acids is 1. The van der Waals surface area contributed by atoms with E-state index >= 15 is 0 Å². The van der Waals surface area contributed by atoms with Crippen LogP contribution < -0.4 is 10.9 Å². The minimum atomic E-state index is -0.294. The third-order valence-electron chi connectivity index (χ3n) is 3.53. The molecule has 1 fully saturated rings. The van der Waals surface area contributed by atoms with Crippen molar-refractivity contribution in [1.29, 1.82) is 0 Å². The molecule has 1 aliphatic heterocycles. The molecule has 20 heavy (non-hydrogen) atoms. The fourth-order valence-electron chi connectivity index (χ4n) is 2.51. The zero-order chi connectivity index (χ0) is 14.4. The molecule has 0 radical (unpaired) electrons. The predicted octanol–water partition coefficient (Wildman–Crippen LogP) is 0.764. The third-order valence-corrected chi connectivity index (χ3v) is 3.53. The summed E-state index contributed by atoms with van der Waals surface area (Å²) in [7, 11) is 0. The van der Waals surface area contributed by atoms with Crippen LogP contribution in [-0.4, -0.2) is 46.5 Å². The van der Waals surface area contributed by atoms with E-state index in [2.05, 4.69) is 22.2 Å². The minimum Gasteiger partial charge on any atom is -0.336 e. The highest BCUT2D eigenvalue weighted by Gasteiger charge is 2.21. The number of nitrogens with one attached hydrogen (secondary N) is 2. The summed E-state index contributed by atoms with van der Waals surface area (Å²) in [5, 5.41) is 3.45. The molecule has 0 aliphatic carbocycles. The maximum atomic E-state index is 12.4. The van der Waals surface area contributed by atoms with Gasteiger partial charge in [-0.25, -0.2) is 4.98 Å². The lowest BCUT2D eigenvalue weighted by Crippen LogP contribution is -2.46. The number of H-pyrrole nitrogens is 1. The lowest BCUT2D eigenvalue weighted by molar-refractivity contribution is 0.0725. The summed E-state index contributed by atoms with van der Waals surface area (Å²) in [5.74, 6) is -0.115. The maximum absolute atomic E-state index is 12.4. The molecule has 1 atom stereocenters. The lowest BCUT2D eigenvalue weighted by atomic mass is 10.0. The van der Waals surface area contributed by atoms with Crippen LogP contribution in [0.2, 0.25) is 0 Å². The van der Waals surface area contributed by atoms with Crippen LogP contribution >= 0.6 is 0 Å². The van der Waals surface area contributed by atoms with Crippen molar-refractivity contribution in [2.75, 3.05) is 19.6 Å². The van der Waals surface area contributed by atoms with E-state index in [1.54, 1.807) is 0 Å². The molecule has 1 aromatic rings. The van der Waals surface area contributed by atoms with Gasteiger partial charge in [0.05, 0.1) is 6.20 Å². The van der Waals surface area contributed by atoms with Crippen molar-refractivity contribution in [2.45, 2.75) is 38.6 Å². The average molecular weight is 278 g/mol. The quantitative estimate of drug-likeness (QED) is 0.833. The molecule has 2 rings (SSSR count). The van der Waals surface area contributed by atoms with Gasteiger partial charge in [0.1, 0.15) is 5.69 Å². The van der Waals surface area contributed by atoms with Gasteiger partial charge in [-0.2, -0.15) is 0 Å². The Balaban J connectivity index is 2.04. The van der Waals surface area contributed by atoms with E-state index in [0.717, 1.165) is 25.6 Å². The Morgan fingerprint density at radius 3 is 2.95 bits per heavy atom. The Hall–Kier alpha value is -1.69. The van der Waals surface area contributed by atoms with Gasteiger partial charge in [-0.15, -0.1) is 0 Å². The summed E-state index contributed by atoms with van der Waals surface area (Å²) in [6, 6.07) is 0.363. The smallest absolute Gasteiger partial charge is 0.274 e. The van der Waals surface area contributed by atoms with Gasteiger partial charge in [0.25, 0.3) is 11.5 Å². The van der Waals surface area contributed by atoms with Crippen molar-refractivity contribution in [3.05, 3.63) is 28.4 Å². The normalized spacial score (nSPS) is 18.8. The summed E-state index contributed by atoms with van der Waals surface area (Å²) >= 11 is 0. The highest BCUT2D eigenvalue weighted by atomic mass is 16.2. The van der Waals surface area contributed by atoms with E-state index < -0.39 is 0 Å². The van der Waals surface area contributed by atoms with Crippen molar-refractivity contribution >= 4 is 5.91 Å². The van der Waals surface area contributed by atoms with Crippen molar-refractivity contribution < 1.29 is 4.79 Å². The maximum Gasteiger partial charge on any atom is 0.274 e. The number of hydrogen-bond donors (Lipinski definition) is 2. The first-order chi connectivity index (χ1) is 9.70. The fourth-order valence-corrected chi connectivity index (χ4v) is 2.51. The van der Waals surface area contributed by atoms with Crippen LogP contribution in [0, 0.1) is 0 Å². The van der Waals surface area contributed by atoms with E-state index in [1.807, 2.05) is 4.90 Å². The van der Waals surface area contributed by atoms with E-state index in [-0.39, 0.29) is 11.5 Å². The number of carbonyl (C=O) groups is 1. The molecule has 0 aromatic carbocycles. The van der Waals surface area contributed by atoms with Crippen LogP contribution in [0.4, 0.5) is 0 Å². The van der Waals surface area contributed by atoms with E-state index in [4.69, 9.17) is 0 Å². The molecule has 0 saturated carbocycles. The Labute approximate surface area is 118 Å². The predicted molar refractivity (Wildman–Crippen MR) is 76.7 cm³/mol. The molecular formula is C14H22N4O2. The standard InChI is InChI=1S/C14H22N4O2/c1-2-7-18(10-11-5-3-4-6-15-11)14(20)12-8-17-13(19)9-16-12/h8-9,11,15H,2-7,10H2,1H3,(H,17,19). The van der Waals surface area contributed by atoms with Crippen molar-refractivity contribution in [2.24, 2.45) is 0 Å². The number of hydrogen-bond acceptors (Lipinski definition) is 4. The molecule has 1 saturated heterocycles. The first kappa shape index (κ1) is 14.7. The number of nitrogens with zero attached hydrogens (tertiary/aromatic N) is 2. The summed E-state index contributed by atoms with van der Waals surface area (Å²) in [6.45, 7) is 4.48. The van der Waals surface area contributed by atoms with Crippen LogP contribution in [0.1, 0.15) is 43.1 Å². The zero-order valence-corrected chi connectivity index (χ0v) is 11.9. The molecular weight excluding hydrogens is 256 g/mol. The van der Waals surface area contributed by atoms with Gasteiger partial charge in [0.15, 0.2) is 0 Å². The average Bonchev–Trinajstić information content (AvgIpc) is 2.48. The Bertz CT molecular complexity index is 474. The van der Waals surface area contributed by atoms with E-state index in [9.17, 15) is 9.59 Å². The second-order valence-electron chi connectivity index (χ2n) is 5.19. The van der Waals surface area contributed by atoms with E-state index in [0.29, 0.717) is 24.8 Å². The zero-order valence-electron chi connectivity index (χ0n) is 11.9. The number of aromatic amines is 1. The monoisotopic (exact) mass is 278 g/mol. The van der Waals surface area contributed by atoms with Gasteiger partial charge >= 0.3 is 0 Å².